The number of amides is 2. The summed E-state index contributed by atoms with van der Waals surface area (Å²) in [5.74, 6) is -0.440. The highest BCUT2D eigenvalue weighted by molar-refractivity contribution is 6.52. The van der Waals surface area contributed by atoms with Crippen LogP contribution in [0.25, 0.3) is 32.7 Å². The van der Waals surface area contributed by atoms with Gasteiger partial charge in [0.15, 0.2) is 6.61 Å². The van der Waals surface area contributed by atoms with Gasteiger partial charge >= 0.3 is 12.2 Å². The van der Waals surface area contributed by atoms with Gasteiger partial charge in [0.25, 0.3) is 5.66 Å². The van der Waals surface area contributed by atoms with Crippen LogP contribution in [0.5, 0.6) is 0 Å². The molecule has 0 saturated carbocycles. The number of aliphatic hydroxyl groups is 1. The molecule has 0 radical (unpaired) electrons. The minimum Gasteiger partial charge on any atom is -0.506 e. The SMILES string of the molecule is CNC(=O)OCC1(C)Nc2cccc3ccc(C4=C(O)/C(=c5/ccc6cccc7c6c5=[NH+]C(C)(COC(=O)NC)N7)C4=O)c(c23)N1. The van der Waals surface area contributed by atoms with Crippen LogP contribution in [0.15, 0.2) is 66.4 Å². The highest BCUT2D eigenvalue weighted by Gasteiger charge is 2.42. The average molecular weight is 622 g/mol. The van der Waals surface area contributed by atoms with E-state index in [-0.39, 0.29) is 35.9 Å². The molecular formula is C34H33N6O6+. The molecule has 0 bridgehead atoms. The zero-order valence-corrected chi connectivity index (χ0v) is 25.7. The third-order valence-corrected chi connectivity index (χ3v) is 8.57. The molecule has 46 heavy (non-hydrogen) atoms. The van der Waals surface area contributed by atoms with Crippen LogP contribution in [0.3, 0.4) is 0 Å². The fraction of sp³-hybridized carbons (Fsp3) is 0.235. The Bertz CT molecular complexity index is 2180. The van der Waals surface area contributed by atoms with Gasteiger partial charge in [-0.1, -0.05) is 42.5 Å². The largest absolute Gasteiger partial charge is 0.506 e. The first-order valence-corrected chi connectivity index (χ1v) is 14.8. The fourth-order valence-electron chi connectivity index (χ4n) is 6.46. The molecule has 7 N–H and O–H groups in total. The number of hydrogen-bond donors (Lipinski definition) is 7. The van der Waals surface area contributed by atoms with Gasteiger partial charge in [-0.3, -0.25) is 4.79 Å². The van der Waals surface area contributed by atoms with Gasteiger partial charge in [-0.25, -0.2) is 14.6 Å². The van der Waals surface area contributed by atoms with Crippen LogP contribution in [0.2, 0.25) is 0 Å². The summed E-state index contributed by atoms with van der Waals surface area (Å²) in [4.78, 5) is 41.3. The first-order valence-electron chi connectivity index (χ1n) is 14.8. The molecule has 234 valence electrons. The molecule has 4 aromatic carbocycles. The zero-order valence-electron chi connectivity index (χ0n) is 25.7. The Morgan fingerprint density at radius 1 is 0.804 bits per heavy atom. The molecule has 2 amide bonds. The standard InChI is InChI=1S/C34H32N6O6/c1-33(15-45-31(43)35-3)37-21-9-5-7-17-11-13-19(27(39-33)23(17)21)25-29(41)26(30(25)42)20-14-12-18-8-6-10-22-24(18)28(20)40-34(2,38-22)16-46-32(44)36-4/h5-14,37-39,41H,15-16H2,1-4H3,(H,35,43)(H,36,44)/p+1/b26-20+. The van der Waals surface area contributed by atoms with Crippen LogP contribution >= 0.6 is 0 Å². The fourth-order valence-corrected chi connectivity index (χ4v) is 6.46. The molecule has 2 aliphatic heterocycles. The molecule has 0 saturated heterocycles. The number of aliphatic hydroxyl groups excluding tert-OH is 1. The first kappa shape index (κ1) is 29.0. The summed E-state index contributed by atoms with van der Waals surface area (Å²) in [5.41, 5.74) is 1.34. The molecule has 0 aromatic heterocycles. The monoisotopic (exact) mass is 621 g/mol. The Morgan fingerprint density at radius 2 is 1.43 bits per heavy atom. The second-order valence-corrected chi connectivity index (χ2v) is 12.0. The molecule has 12 heteroatoms. The summed E-state index contributed by atoms with van der Waals surface area (Å²) in [5, 5.41) is 31.6. The number of anilines is 3. The van der Waals surface area contributed by atoms with Gasteiger partial charge in [-0.2, -0.15) is 0 Å². The van der Waals surface area contributed by atoms with Crippen molar-refractivity contribution in [3.05, 3.63) is 82.6 Å². The van der Waals surface area contributed by atoms with E-state index in [4.69, 9.17) is 9.47 Å². The van der Waals surface area contributed by atoms with Crippen LogP contribution in [0.1, 0.15) is 19.4 Å². The summed E-state index contributed by atoms with van der Waals surface area (Å²) >= 11 is 0. The van der Waals surface area contributed by atoms with Crippen molar-refractivity contribution >= 4 is 67.7 Å². The average Bonchev–Trinajstić information content (AvgIpc) is 3.05. The van der Waals surface area contributed by atoms with Crippen molar-refractivity contribution < 1.29 is 34.0 Å². The third-order valence-electron chi connectivity index (χ3n) is 8.57. The number of hydrogen-bond acceptors (Lipinski definition) is 9. The molecule has 0 spiro atoms. The molecule has 2 unspecified atom stereocenters. The van der Waals surface area contributed by atoms with Crippen LogP contribution in [-0.2, 0) is 14.3 Å². The number of ketones is 1. The maximum Gasteiger partial charge on any atom is 0.407 e. The topological polar surface area (TPSA) is 164 Å². The van der Waals surface area contributed by atoms with Crippen molar-refractivity contribution in [2.75, 3.05) is 43.3 Å². The number of carbonyl (C=O) groups is 3. The molecule has 7 rings (SSSR count). The summed E-state index contributed by atoms with van der Waals surface area (Å²) in [6.45, 7) is 3.67. The number of alkyl carbamates (subject to hydrolysis) is 2. The lowest BCUT2D eigenvalue weighted by Crippen LogP contribution is -2.96. The van der Waals surface area contributed by atoms with Crippen LogP contribution < -0.4 is 42.2 Å². The third kappa shape index (κ3) is 4.52. The summed E-state index contributed by atoms with van der Waals surface area (Å²) < 4.78 is 10.8. The molecule has 0 fully saturated rings. The van der Waals surface area contributed by atoms with Gasteiger partial charge < -0.3 is 41.2 Å². The van der Waals surface area contributed by atoms with E-state index in [9.17, 15) is 19.5 Å². The first-order chi connectivity index (χ1) is 22.0. The smallest absolute Gasteiger partial charge is 0.407 e. The lowest BCUT2D eigenvalue weighted by atomic mass is 9.80. The Morgan fingerprint density at radius 3 is 2.11 bits per heavy atom. The maximum absolute atomic E-state index is 14.1. The van der Waals surface area contributed by atoms with E-state index in [0.29, 0.717) is 21.8 Å². The van der Waals surface area contributed by atoms with Crippen molar-refractivity contribution in [1.82, 2.24) is 10.6 Å². The molecular weight excluding hydrogens is 588 g/mol. The number of benzene rings is 4. The van der Waals surface area contributed by atoms with Gasteiger partial charge in [0.1, 0.15) is 18.0 Å². The van der Waals surface area contributed by atoms with E-state index < -0.39 is 23.5 Å². The predicted molar refractivity (Wildman–Crippen MR) is 174 cm³/mol. The van der Waals surface area contributed by atoms with Gasteiger partial charge in [-0.15, -0.1) is 0 Å². The molecule has 12 nitrogen and oxygen atoms in total. The molecule has 2 heterocycles. The Balaban J connectivity index is 1.39. The van der Waals surface area contributed by atoms with E-state index in [0.717, 1.165) is 32.9 Å². The van der Waals surface area contributed by atoms with Gasteiger partial charge in [0.2, 0.25) is 11.1 Å². The zero-order chi connectivity index (χ0) is 32.4. The molecule has 1 aliphatic carbocycles. The van der Waals surface area contributed by atoms with Crippen molar-refractivity contribution in [3.63, 3.8) is 0 Å². The van der Waals surface area contributed by atoms with E-state index in [1.165, 1.54) is 14.1 Å². The second kappa shape index (κ2) is 10.4. The van der Waals surface area contributed by atoms with Crippen molar-refractivity contribution in [2.24, 2.45) is 0 Å². The number of ether oxygens (including phenoxy) is 2. The molecule has 4 aromatic rings. The van der Waals surface area contributed by atoms with Crippen LogP contribution in [0, 0.1) is 0 Å². The second-order valence-electron chi connectivity index (χ2n) is 12.0. The van der Waals surface area contributed by atoms with Crippen molar-refractivity contribution in [2.45, 2.75) is 25.2 Å². The number of carbonyl (C=O) groups excluding carboxylic acids is 3. The maximum atomic E-state index is 14.1. The Hall–Kier alpha value is -5.78. The van der Waals surface area contributed by atoms with Gasteiger partial charge in [0, 0.05) is 37.7 Å². The summed E-state index contributed by atoms with van der Waals surface area (Å²) in [7, 11) is 2.98. The lowest BCUT2D eigenvalue weighted by molar-refractivity contribution is -0.581. The highest BCUT2D eigenvalue weighted by atomic mass is 16.6. The van der Waals surface area contributed by atoms with E-state index >= 15 is 0 Å². The molecule has 2 atom stereocenters. The quantitative estimate of drug-likeness (QED) is 0.176. The predicted octanol–water partition coefficient (Wildman–Crippen LogP) is 1.80. The minimum atomic E-state index is -0.906. The number of Topliss-reactive ketones (excluding diaryl/α,β-unsaturated/α-hetero) is 1. The minimum absolute atomic E-state index is 0.0158. The Labute approximate surface area is 263 Å². The number of nitrogens with one attached hydrogen (secondary N) is 6. The van der Waals surface area contributed by atoms with E-state index in [1.54, 1.807) is 0 Å². The van der Waals surface area contributed by atoms with Crippen LogP contribution in [0.4, 0.5) is 26.7 Å². The Kier molecular flexibility index (Phi) is 6.55. The summed E-state index contributed by atoms with van der Waals surface area (Å²) in [6, 6.07) is 19.1. The normalized spacial score (nSPS) is 22.1. The number of rotatable bonds is 5. The van der Waals surface area contributed by atoms with Gasteiger partial charge in [-0.05, 0) is 35.9 Å². The van der Waals surface area contributed by atoms with Crippen LogP contribution in [-0.4, -0.2) is 61.7 Å². The van der Waals surface area contributed by atoms with Crippen molar-refractivity contribution in [3.8, 4) is 0 Å². The molecule has 3 aliphatic rings. The van der Waals surface area contributed by atoms with E-state index in [2.05, 4.69) is 31.6 Å². The summed E-state index contributed by atoms with van der Waals surface area (Å²) in [6.07, 6.45) is -1.14. The lowest BCUT2D eigenvalue weighted by Gasteiger charge is -2.39. The highest BCUT2D eigenvalue weighted by Crippen LogP contribution is 2.46. The van der Waals surface area contributed by atoms with Gasteiger partial charge in [0.05, 0.1) is 33.1 Å². The van der Waals surface area contributed by atoms with Crippen molar-refractivity contribution in [1.29, 1.82) is 0 Å². The number of allylic oxidation sites excluding steroid dienone is 2. The van der Waals surface area contributed by atoms with E-state index in [1.807, 2.05) is 74.5 Å².